The zero-order valence-corrected chi connectivity index (χ0v) is 13.9. The second kappa shape index (κ2) is 6.24. The van der Waals surface area contributed by atoms with Crippen molar-refractivity contribution in [2.24, 2.45) is 0 Å². The van der Waals surface area contributed by atoms with Crippen LogP contribution in [0.5, 0.6) is 5.88 Å². The molecule has 1 aliphatic heterocycles. The lowest BCUT2D eigenvalue weighted by Gasteiger charge is -2.21. The second-order valence-corrected chi connectivity index (χ2v) is 6.33. The lowest BCUT2D eigenvalue weighted by atomic mass is 10.0. The quantitative estimate of drug-likeness (QED) is 0.931. The molecule has 2 aromatic rings. The number of hydrogen-bond acceptors (Lipinski definition) is 4. The van der Waals surface area contributed by atoms with Crippen LogP contribution in [0.25, 0.3) is 11.3 Å². The van der Waals surface area contributed by atoms with E-state index in [0.29, 0.717) is 13.1 Å². The maximum atomic E-state index is 14.6. The molecule has 0 bridgehead atoms. The number of carboxylic acid groups (broad SMARTS) is 1. The van der Waals surface area contributed by atoms with Crippen LogP contribution in [-0.2, 0) is 13.1 Å². The van der Waals surface area contributed by atoms with Gasteiger partial charge in [0, 0.05) is 25.1 Å². The number of benzene rings is 1. The van der Waals surface area contributed by atoms with Crippen LogP contribution >= 0.6 is 0 Å². The molecule has 3 rings (SSSR count). The molecule has 6 nitrogen and oxygen atoms in total. The lowest BCUT2D eigenvalue weighted by molar-refractivity contribution is 0.0684. The molecule has 7 heteroatoms. The number of rotatable bonds is 4. The Kier molecular flexibility index (Phi) is 4.28. The van der Waals surface area contributed by atoms with Crippen molar-refractivity contribution in [1.82, 2.24) is 14.7 Å². The second-order valence-electron chi connectivity index (χ2n) is 6.33. The van der Waals surface area contributed by atoms with E-state index in [-0.39, 0.29) is 28.8 Å². The van der Waals surface area contributed by atoms with E-state index in [2.05, 4.69) is 5.10 Å². The van der Waals surface area contributed by atoms with E-state index in [9.17, 15) is 14.3 Å². The van der Waals surface area contributed by atoms with Gasteiger partial charge < -0.3 is 14.7 Å². The SMILES string of the molecule is C[C@@H]1CCn2nc(-c3ccc(CN(C)C)cc3F)c(C(=O)O)c2O1. The van der Waals surface area contributed by atoms with Crippen molar-refractivity contribution in [3.05, 3.63) is 35.1 Å². The summed E-state index contributed by atoms with van der Waals surface area (Å²) in [5.41, 5.74) is 1.02. The summed E-state index contributed by atoms with van der Waals surface area (Å²) < 4.78 is 21.7. The van der Waals surface area contributed by atoms with Gasteiger partial charge in [0.15, 0.2) is 0 Å². The van der Waals surface area contributed by atoms with Crippen LogP contribution in [0.3, 0.4) is 0 Å². The largest absolute Gasteiger partial charge is 0.477 e. The smallest absolute Gasteiger partial charge is 0.343 e. The summed E-state index contributed by atoms with van der Waals surface area (Å²) in [4.78, 5) is 13.6. The first-order valence-electron chi connectivity index (χ1n) is 7.81. The standard InChI is InChI=1S/C17H20FN3O3/c1-10-6-7-21-16(24-10)14(17(22)23)15(19-21)12-5-4-11(8-13(12)18)9-20(2)3/h4-5,8,10H,6-7,9H2,1-3H3,(H,22,23)/t10-/m1/s1. The minimum Gasteiger partial charge on any atom is -0.477 e. The highest BCUT2D eigenvalue weighted by Crippen LogP contribution is 2.35. The van der Waals surface area contributed by atoms with Crippen LogP contribution in [0.4, 0.5) is 4.39 Å². The zero-order valence-electron chi connectivity index (χ0n) is 13.9. The van der Waals surface area contributed by atoms with Gasteiger partial charge in [-0.1, -0.05) is 6.07 Å². The summed E-state index contributed by atoms with van der Waals surface area (Å²) in [6.45, 7) is 3.03. The normalized spacial score (nSPS) is 16.8. The van der Waals surface area contributed by atoms with Crippen molar-refractivity contribution < 1.29 is 19.0 Å². The molecule has 128 valence electrons. The van der Waals surface area contributed by atoms with Gasteiger partial charge in [-0.2, -0.15) is 5.10 Å². The maximum absolute atomic E-state index is 14.6. The van der Waals surface area contributed by atoms with Crippen LogP contribution in [0.15, 0.2) is 18.2 Å². The third-order valence-corrected chi connectivity index (χ3v) is 3.97. The predicted molar refractivity (Wildman–Crippen MR) is 86.7 cm³/mol. The highest BCUT2D eigenvalue weighted by atomic mass is 19.1. The van der Waals surface area contributed by atoms with Gasteiger partial charge in [0.1, 0.15) is 17.1 Å². The molecule has 2 heterocycles. The molecule has 0 spiro atoms. The minimum atomic E-state index is -1.17. The summed E-state index contributed by atoms with van der Waals surface area (Å²) in [6, 6.07) is 4.78. The van der Waals surface area contributed by atoms with Crippen LogP contribution < -0.4 is 4.74 Å². The molecule has 0 saturated heterocycles. The topological polar surface area (TPSA) is 67.6 Å². The minimum absolute atomic E-state index is 0.0826. The monoisotopic (exact) mass is 333 g/mol. The van der Waals surface area contributed by atoms with E-state index < -0.39 is 11.8 Å². The van der Waals surface area contributed by atoms with Crippen molar-refractivity contribution in [1.29, 1.82) is 0 Å². The average molecular weight is 333 g/mol. The Balaban J connectivity index is 2.08. The third-order valence-electron chi connectivity index (χ3n) is 3.97. The summed E-state index contributed by atoms with van der Waals surface area (Å²) in [5.74, 6) is -1.45. The van der Waals surface area contributed by atoms with Crippen LogP contribution in [0.1, 0.15) is 29.3 Å². The molecule has 1 atom stereocenters. The summed E-state index contributed by atoms with van der Waals surface area (Å²) in [7, 11) is 3.80. The fraction of sp³-hybridized carbons (Fsp3) is 0.412. The van der Waals surface area contributed by atoms with Gasteiger partial charge in [-0.3, -0.25) is 0 Å². The van der Waals surface area contributed by atoms with Gasteiger partial charge in [0.25, 0.3) is 0 Å². The maximum Gasteiger partial charge on any atom is 0.343 e. The fourth-order valence-electron chi connectivity index (χ4n) is 2.87. The molecule has 0 amide bonds. The van der Waals surface area contributed by atoms with E-state index >= 15 is 0 Å². The van der Waals surface area contributed by atoms with Gasteiger partial charge in [0.05, 0.1) is 6.10 Å². The van der Waals surface area contributed by atoms with Crippen molar-refractivity contribution in [3.63, 3.8) is 0 Å². The Morgan fingerprint density at radius 1 is 1.50 bits per heavy atom. The van der Waals surface area contributed by atoms with Gasteiger partial charge >= 0.3 is 5.97 Å². The first-order valence-corrected chi connectivity index (χ1v) is 7.81. The number of aryl methyl sites for hydroxylation is 1. The molecular formula is C17H20FN3O3. The summed E-state index contributed by atoms with van der Waals surface area (Å²) in [6.07, 6.45) is 0.643. The Labute approximate surface area is 139 Å². The molecule has 0 saturated carbocycles. The van der Waals surface area contributed by atoms with E-state index in [0.717, 1.165) is 12.0 Å². The average Bonchev–Trinajstić information content (AvgIpc) is 2.84. The number of ether oxygens (including phenoxy) is 1. The molecule has 0 fully saturated rings. The van der Waals surface area contributed by atoms with Gasteiger partial charge in [0.2, 0.25) is 5.88 Å². The third kappa shape index (κ3) is 2.99. The Hall–Kier alpha value is -2.41. The first-order chi connectivity index (χ1) is 11.4. The van der Waals surface area contributed by atoms with E-state index in [1.165, 1.54) is 10.7 Å². The predicted octanol–water partition coefficient (Wildman–Crippen LogP) is 2.62. The fourth-order valence-corrected chi connectivity index (χ4v) is 2.87. The number of halogens is 1. The van der Waals surface area contributed by atoms with Gasteiger partial charge in [-0.05, 0) is 38.7 Å². The highest BCUT2D eigenvalue weighted by Gasteiger charge is 2.30. The lowest BCUT2D eigenvalue weighted by Crippen LogP contribution is -2.24. The number of fused-ring (bicyclic) bond motifs is 1. The Morgan fingerprint density at radius 2 is 2.25 bits per heavy atom. The Morgan fingerprint density at radius 3 is 2.88 bits per heavy atom. The van der Waals surface area contributed by atoms with Crippen LogP contribution in [-0.4, -0.2) is 46.0 Å². The van der Waals surface area contributed by atoms with E-state index in [1.807, 2.05) is 25.9 Å². The first kappa shape index (κ1) is 16.4. The molecule has 1 N–H and O–H groups in total. The molecule has 24 heavy (non-hydrogen) atoms. The molecule has 0 unspecified atom stereocenters. The number of carbonyl (C=O) groups is 1. The van der Waals surface area contributed by atoms with Crippen LogP contribution in [0, 0.1) is 5.82 Å². The number of aromatic carboxylic acids is 1. The number of hydrogen-bond donors (Lipinski definition) is 1. The van der Waals surface area contributed by atoms with Gasteiger partial charge in [-0.15, -0.1) is 0 Å². The number of nitrogens with zero attached hydrogens (tertiary/aromatic N) is 3. The van der Waals surface area contributed by atoms with Gasteiger partial charge in [-0.25, -0.2) is 13.9 Å². The molecular weight excluding hydrogens is 313 g/mol. The van der Waals surface area contributed by atoms with Crippen molar-refractivity contribution in [2.45, 2.75) is 32.5 Å². The van der Waals surface area contributed by atoms with E-state index in [4.69, 9.17) is 4.74 Å². The van der Waals surface area contributed by atoms with Crippen molar-refractivity contribution in [2.75, 3.05) is 14.1 Å². The Bertz CT molecular complexity index is 786. The molecule has 0 aliphatic carbocycles. The number of carboxylic acids is 1. The van der Waals surface area contributed by atoms with Crippen molar-refractivity contribution in [3.8, 4) is 17.1 Å². The van der Waals surface area contributed by atoms with Crippen LogP contribution in [0.2, 0.25) is 0 Å². The van der Waals surface area contributed by atoms with Crippen molar-refractivity contribution >= 4 is 5.97 Å². The molecule has 1 aromatic carbocycles. The summed E-state index contributed by atoms with van der Waals surface area (Å²) in [5, 5.41) is 13.8. The summed E-state index contributed by atoms with van der Waals surface area (Å²) >= 11 is 0. The molecule has 0 radical (unpaired) electrons. The highest BCUT2D eigenvalue weighted by molar-refractivity contribution is 5.97. The number of aromatic nitrogens is 2. The molecule has 1 aliphatic rings. The zero-order chi connectivity index (χ0) is 17.4. The van der Waals surface area contributed by atoms with E-state index in [1.54, 1.807) is 12.1 Å². The molecule has 1 aromatic heterocycles.